The summed E-state index contributed by atoms with van der Waals surface area (Å²) in [5.74, 6) is 0. The molecule has 7 aromatic rings. The van der Waals surface area contributed by atoms with Crippen molar-refractivity contribution in [3.8, 4) is 17.4 Å². The van der Waals surface area contributed by atoms with Crippen LogP contribution in [0, 0.1) is 11.3 Å². The maximum atomic E-state index is 9.93. The minimum atomic E-state index is -0.0570. The molecule has 0 atom stereocenters. The lowest BCUT2D eigenvalue weighted by atomic mass is 9.33. The Morgan fingerprint density at radius 1 is 0.586 bits per heavy atom. The second-order valence-electron chi connectivity index (χ2n) is 21.2. The van der Waals surface area contributed by atoms with Gasteiger partial charge in [-0.1, -0.05) is 126 Å². The molecule has 0 spiro atoms. The first-order valence-electron chi connectivity index (χ1n) is 21.0. The Hall–Kier alpha value is -5.53. The third kappa shape index (κ3) is 5.53. The summed E-state index contributed by atoms with van der Waals surface area (Å²) in [7, 11) is 0. The van der Waals surface area contributed by atoms with E-state index in [1.807, 2.05) is 13.0 Å². The lowest BCUT2D eigenvalue weighted by Gasteiger charge is -2.36. The van der Waals surface area contributed by atoms with Gasteiger partial charge in [0.05, 0.1) is 17.1 Å². The van der Waals surface area contributed by atoms with E-state index in [0.29, 0.717) is 5.57 Å². The molecule has 0 unspecified atom stereocenters. The van der Waals surface area contributed by atoms with Crippen molar-refractivity contribution in [3.63, 3.8) is 0 Å². The Balaban J connectivity index is 1.55. The summed E-state index contributed by atoms with van der Waals surface area (Å²) in [6.07, 6.45) is 6.11. The van der Waals surface area contributed by atoms with Crippen LogP contribution < -0.4 is 16.4 Å². The lowest BCUT2D eigenvalue weighted by molar-refractivity contribution is 0.590. The number of aromatic nitrogens is 2. The van der Waals surface area contributed by atoms with E-state index in [1.165, 1.54) is 93.6 Å². The van der Waals surface area contributed by atoms with Gasteiger partial charge in [-0.15, -0.1) is 0 Å². The highest BCUT2D eigenvalue weighted by Crippen LogP contribution is 2.44. The average Bonchev–Trinajstić information content (AvgIpc) is 3.66. The fraction of sp³-hybridized carbons (Fsp3) is 0.315. The Morgan fingerprint density at radius 3 is 1.38 bits per heavy atom. The minimum absolute atomic E-state index is 0.00270. The standard InChI is InChI=1S/C54H56BN3/c1-15-16-32(21-31(2)30-56)33-22-46-48-47(23-33)58-45-20-18-35(52(6,7)8)25-39(45)41-27-37(54(12,13)14)29-43(50(41)58)55(48)42-28-36(53(9,10)11)26-40-38-24-34(51(3,4)5)17-19-44(38)57(46)49(40)42/h15-29H,2H2,1,3-14H3/b16-15-,32-21+. The van der Waals surface area contributed by atoms with Gasteiger partial charge in [-0.05, 0) is 133 Å². The van der Waals surface area contributed by atoms with Gasteiger partial charge in [0, 0.05) is 49.5 Å². The van der Waals surface area contributed by atoms with Crippen LogP contribution in [-0.2, 0) is 21.7 Å². The molecule has 0 saturated heterocycles. The quantitative estimate of drug-likeness (QED) is 0.100. The van der Waals surface area contributed by atoms with E-state index in [-0.39, 0.29) is 28.4 Å². The lowest BCUT2D eigenvalue weighted by Crippen LogP contribution is -2.59. The van der Waals surface area contributed by atoms with Gasteiger partial charge in [0.15, 0.2) is 0 Å². The van der Waals surface area contributed by atoms with Gasteiger partial charge in [-0.3, -0.25) is 0 Å². The molecule has 4 heterocycles. The molecule has 290 valence electrons. The number of rotatable bonds is 3. The molecule has 0 N–H and O–H groups in total. The summed E-state index contributed by atoms with van der Waals surface area (Å²) in [6, 6.07) is 31.4. The molecule has 0 radical (unpaired) electrons. The molecule has 0 aliphatic carbocycles. The summed E-state index contributed by atoms with van der Waals surface area (Å²) < 4.78 is 5.15. The predicted octanol–water partition coefficient (Wildman–Crippen LogP) is 12.3. The average molecular weight is 758 g/mol. The first-order valence-corrected chi connectivity index (χ1v) is 21.0. The number of allylic oxidation sites excluding steroid dienone is 5. The number of benzene rings is 5. The predicted molar refractivity (Wildman–Crippen MR) is 252 cm³/mol. The molecule has 4 heteroatoms. The van der Waals surface area contributed by atoms with Gasteiger partial charge in [0.2, 0.25) is 0 Å². The van der Waals surface area contributed by atoms with Crippen molar-refractivity contribution >= 4 is 72.3 Å². The molecule has 58 heavy (non-hydrogen) atoms. The Morgan fingerprint density at radius 2 is 1.00 bits per heavy atom. The van der Waals surface area contributed by atoms with E-state index in [1.54, 1.807) is 0 Å². The van der Waals surface area contributed by atoms with E-state index < -0.39 is 0 Å². The van der Waals surface area contributed by atoms with Gasteiger partial charge >= 0.3 is 0 Å². The Bertz CT molecular complexity index is 2890. The van der Waals surface area contributed by atoms with Gasteiger partial charge in [0.25, 0.3) is 6.71 Å². The van der Waals surface area contributed by atoms with E-state index in [0.717, 1.165) is 11.1 Å². The number of nitriles is 1. The number of hydrogen-bond donors (Lipinski definition) is 0. The van der Waals surface area contributed by atoms with Crippen molar-refractivity contribution in [1.82, 2.24) is 9.13 Å². The van der Waals surface area contributed by atoms with Crippen LogP contribution in [0.5, 0.6) is 0 Å². The van der Waals surface area contributed by atoms with Crippen molar-refractivity contribution < 1.29 is 0 Å². The van der Waals surface area contributed by atoms with Gasteiger partial charge < -0.3 is 9.13 Å². The van der Waals surface area contributed by atoms with Crippen LogP contribution in [0.25, 0.3) is 60.6 Å². The molecule has 5 aromatic carbocycles. The van der Waals surface area contributed by atoms with Crippen molar-refractivity contribution in [2.45, 2.75) is 112 Å². The number of nitrogens with zero attached hydrogens (tertiary/aromatic N) is 3. The Kier molecular flexibility index (Phi) is 8.03. The van der Waals surface area contributed by atoms with Crippen LogP contribution in [0.15, 0.2) is 103 Å². The van der Waals surface area contributed by atoms with Gasteiger partial charge in [-0.25, -0.2) is 0 Å². The summed E-state index contributed by atoms with van der Waals surface area (Å²) in [4.78, 5) is 0. The molecule has 2 aliphatic rings. The second kappa shape index (κ2) is 12.2. The first kappa shape index (κ1) is 38.0. The Labute approximate surface area is 345 Å². The smallest absolute Gasteiger partial charge is 0.252 e. The van der Waals surface area contributed by atoms with E-state index in [9.17, 15) is 5.26 Å². The van der Waals surface area contributed by atoms with Crippen molar-refractivity contribution in [2.24, 2.45) is 0 Å². The summed E-state index contributed by atoms with van der Waals surface area (Å²) >= 11 is 0. The van der Waals surface area contributed by atoms with E-state index >= 15 is 0 Å². The maximum absolute atomic E-state index is 9.93. The molecule has 2 aliphatic heterocycles. The number of hydrogen-bond acceptors (Lipinski definition) is 1. The van der Waals surface area contributed by atoms with E-state index in [4.69, 9.17) is 0 Å². The van der Waals surface area contributed by atoms with Crippen LogP contribution in [0.4, 0.5) is 0 Å². The maximum Gasteiger partial charge on any atom is 0.252 e. The third-order valence-electron chi connectivity index (χ3n) is 12.9. The molecule has 0 bridgehead atoms. The molecule has 3 nitrogen and oxygen atoms in total. The zero-order valence-corrected chi connectivity index (χ0v) is 36.8. The fourth-order valence-electron chi connectivity index (χ4n) is 9.66. The minimum Gasteiger partial charge on any atom is -0.310 e. The molecule has 0 saturated carbocycles. The summed E-state index contributed by atoms with van der Waals surface area (Å²) in [6.45, 7) is 34.1. The highest BCUT2D eigenvalue weighted by Gasteiger charge is 2.43. The SMILES string of the molecule is C=C(C#N)/C=C(\C=C/C)c1cc2c3c(c1)-n1c4ccc(C(C)(C)C)cc4c4cc(C(C)(C)C)cc(c41)B3c1cc(C(C)(C)C)cc3c4cc(C(C)(C)C)ccc4n-2c13. The molecule has 9 rings (SSSR count). The molecular formula is C54H56BN3. The second-order valence-corrected chi connectivity index (χ2v) is 21.2. The topological polar surface area (TPSA) is 33.6 Å². The summed E-state index contributed by atoms with van der Waals surface area (Å²) in [5, 5.41) is 15.1. The van der Waals surface area contributed by atoms with Crippen LogP contribution in [0.1, 0.15) is 118 Å². The van der Waals surface area contributed by atoms with Crippen LogP contribution in [0.3, 0.4) is 0 Å². The highest BCUT2D eigenvalue weighted by molar-refractivity contribution is 7.00. The monoisotopic (exact) mass is 757 g/mol. The number of fused-ring (bicyclic) bond motifs is 10. The van der Waals surface area contributed by atoms with Crippen LogP contribution >= 0.6 is 0 Å². The zero-order chi connectivity index (χ0) is 41.6. The fourth-order valence-corrected chi connectivity index (χ4v) is 9.66. The van der Waals surface area contributed by atoms with Crippen molar-refractivity contribution in [3.05, 3.63) is 131 Å². The van der Waals surface area contributed by atoms with Crippen molar-refractivity contribution in [1.29, 1.82) is 5.26 Å². The highest BCUT2D eigenvalue weighted by atomic mass is 15.0. The van der Waals surface area contributed by atoms with Gasteiger partial charge in [0.1, 0.15) is 0 Å². The molecule has 0 amide bonds. The largest absolute Gasteiger partial charge is 0.310 e. The van der Waals surface area contributed by atoms with Gasteiger partial charge in [-0.2, -0.15) is 5.26 Å². The van der Waals surface area contributed by atoms with Crippen LogP contribution in [-0.4, -0.2) is 15.8 Å². The third-order valence-corrected chi connectivity index (χ3v) is 12.9. The molecule has 0 fully saturated rings. The molecule has 2 aromatic heterocycles. The molecular weight excluding hydrogens is 701 g/mol. The first-order chi connectivity index (χ1) is 27.1. The zero-order valence-electron chi connectivity index (χ0n) is 36.8. The van der Waals surface area contributed by atoms with E-state index in [2.05, 4.69) is 190 Å². The summed E-state index contributed by atoms with van der Waals surface area (Å²) in [5.41, 5.74) is 19.2. The van der Waals surface area contributed by atoms with Crippen LogP contribution in [0.2, 0.25) is 0 Å². The van der Waals surface area contributed by atoms with Crippen molar-refractivity contribution in [2.75, 3.05) is 0 Å². The normalized spacial score (nSPS) is 14.3.